The number of carbonyl (C=O) groups is 2. The predicted octanol–water partition coefficient (Wildman–Crippen LogP) is 7.04. The Morgan fingerprint density at radius 2 is 1.72 bits per heavy atom. The van der Waals surface area contributed by atoms with Gasteiger partial charge in [-0.15, -0.1) is 0 Å². The third kappa shape index (κ3) is 6.05. The van der Waals surface area contributed by atoms with Crippen molar-refractivity contribution in [1.29, 1.82) is 0 Å². The lowest BCUT2D eigenvalue weighted by Crippen LogP contribution is -2.16. The van der Waals surface area contributed by atoms with Crippen LogP contribution in [0, 0.1) is 6.92 Å². The summed E-state index contributed by atoms with van der Waals surface area (Å²) in [5.41, 5.74) is 4.71. The molecule has 4 aromatic rings. The molecule has 0 fully saturated rings. The topological polar surface area (TPSA) is 102 Å². The van der Waals surface area contributed by atoms with Crippen LogP contribution in [-0.2, 0) is 22.4 Å². The summed E-state index contributed by atoms with van der Waals surface area (Å²) in [6, 6.07) is 20.0. The average molecular weight is 525 g/mol. The lowest BCUT2D eigenvalue weighted by molar-refractivity contribution is -0.136. The van der Waals surface area contributed by atoms with Gasteiger partial charge in [0.25, 0.3) is 0 Å². The number of hydrogen-bond acceptors (Lipinski definition) is 5. The van der Waals surface area contributed by atoms with Gasteiger partial charge < -0.3 is 14.4 Å². The van der Waals surface area contributed by atoms with E-state index >= 15 is 0 Å². The maximum atomic E-state index is 12.4. The highest BCUT2D eigenvalue weighted by Gasteiger charge is 2.20. The molecule has 4 rings (SSSR count). The summed E-state index contributed by atoms with van der Waals surface area (Å²) in [5.74, 6) is -0.574. The number of halogens is 2. The Kier molecular flexibility index (Phi) is 7.93. The van der Waals surface area contributed by atoms with Crippen molar-refractivity contribution in [3.05, 3.63) is 93.6 Å². The number of carbonyl (C=O) groups excluding carboxylic acids is 1. The molecule has 0 radical (unpaired) electrons. The molecule has 184 valence electrons. The molecule has 1 aromatic heterocycles. The van der Waals surface area contributed by atoms with E-state index in [1.807, 2.05) is 36.4 Å². The van der Waals surface area contributed by atoms with E-state index in [-0.39, 0.29) is 13.0 Å². The van der Waals surface area contributed by atoms with E-state index in [0.717, 1.165) is 16.7 Å². The second-order valence-electron chi connectivity index (χ2n) is 8.04. The van der Waals surface area contributed by atoms with E-state index in [9.17, 15) is 9.59 Å². The number of carboxylic acid groups (broad SMARTS) is 1. The highest BCUT2D eigenvalue weighted by atomic mass is 35.5. The molecular formula is C27H22Cl2N2O5. The number of hydrogen-bond donors (Lipinski definition) is 2. The molecule has 36 heavy (non-hydrogen) atoms. The van der Waals surface area contributed by atoms with Crippen LogP contribution in [0.1, 0.15) is 16.8 Å². The second kappa shape index (κ2) is 11.3. The molecule has 9 heteroatoms. The van der Waals surface area contributed by atoms with Crippen LogP contribution in [0.25, 0.3) is 22.5 Å². The van der Waals surface area contributed by atoms with Gasteiger partial charge in [-0.1, -0.05) is 76.9 Å². The number of anilines is 1. The minimum atomic E-state index is -0.883. The maximum absolute atomic E-state index is 12.4. The number of ether oxygens (including phenoxy) is 1. The van der Waals surface area contributed by atoms with Crippen molar-refractivity contribution >= 4 is 41.0 Å². The summed E-state index contributed by atoms with van der Waals surface area (Å²) < 4.78 is 10.8. The van der Waals surface area contributed by atoms with Gasteiger partial charge in [-0.3, -0.25) is 10.1 Å². The van der Waals surface area contributed by atoms with Crippen LogP contribution in [0.15, 0.2) is 71.3 Å². The number of aromatic nitrogens is 1. The molecule has 0 aliphatic heterocycles. The summed E-state index contributed by atoms with van der Waals surface area (Å²) in [6.45, 7) is 1.85. The number of benzene rings is 3. The Balaban J connectivity index is 1.46. The zero-order valence-electron chi connectivity index (χ0n) is 19.3. The summed E-state index contributed by atoms with van der Waals surface area (Å²) >= 11 is 12.7. The largest absolute Gasteiger partial charge is 0.481 e. The minimum absolute atomic E-state index is 0.0387. The third-order valence-electron chi connectivity index (χ3n) is 5.51. The van der Waals surface area contributed by atoms with Crippen molar-refractivity contribution < 1.29 is 24.0 Å². The van der Waals surface area contributed by atoms with Gasteiger partial charge in [-0.2, -0.15) is 0 Å². The molecule has 0 unspecified atom stereocenters. The van der Waals surface area contributed by atoms with Gasteiger partial charge in [0.05, 0.1) is 18.1 Å². The van der Waals surface area contributed by atoms with Gasteiger partial charge in [-0.05, 0) is 47.4 Å². The molecule has 0 atom stereocenters. The Labute approximate surface area is 217 Å². The Bertz CT molecular complexity index is 1400. The van der Waals surface area contributed by atoms with Gasteiger partial charge in [0.2, 0.25) is 0 Å². The number of nitrogens with zero attached hydrogens (tertiary/aromatic N) is 1. The summed E-state index contributed by atoms with van der Waals surface area (Å²) in [6.07, 6.45) is -0.209. The third-order valence-corrected chi connectivity index (χ3v) is 6.19. The summed E-state index contributed by atoms with van der Waals surface area (Å²) in [5, 5.41) is 16.6. The van der Waals surface area contributed by atoms with Gasteiger partial charge in [0.1, 0.15) is 11.4 Å². The Hall–Kier alpha value is -3.81. The molecular weight excluding hydrogens is 503 g/mol. The number of carboxylic acids is 1. The van der Waals surface area contributed by atoms with Crippen LogP contribution in [-0.4, -0.2) is 28.9 Å². The standard InChI is InChI=1S/C27H22Cl2N2O5/c1-16-25(30-27(34)35-13-12-19-4-2-3-5-22(19)28)26(36-31-16)21-11-10-20(15-23(21)29)18-8-6-17(7-9-18)14-24(32)33/h2-11,15H,12-14H2,1H3,(H,30,34)(H,32,33). The van der Waals surface area contributed by atoms with Crippen molar-refractivity contribution in [1.82, 2.24) is 5.16 Å². The first kappa shape index (κ1) is 25.3. The van der Waals surface area contributed by atoms with E-state index < -0.39 is 12.1 Å². The molecule has 0 saturated heterocycles. The normalized spacial score (nSPS) is 10.8. The lowest BCUT2D eigenvalue weighted by Gasteiger charge is -2.10. The molecule has 0 spiro atoms. The van der Waals surface area contributed by atoms with Crippen molar-refractivity contribution in [2.24, 2.45) is 0 Å². The smallest absolute Gasteiger partial charge is 0.411 e. The zero-order valence-corrected chi connectivity index (χ0v) is 20.8. The lowest BCUT2D eigenvalue weighted by atomic mass is 10.0. The van der Waals surface area contributed by atoms with Crippen molar-refractivity contribution in [3.8, 4) is 22.5 Å². The first-order valence-electron chi connectivity index (χ1n) is 11.1. The van der Waals surface area contributed by atoms with Gasteiger partial charge in [0, 0.05) is 17.0 Å². The van der Waals surface area contributed by atoms with Crippen molar-refractivity contribution in [2.75, 3.05) is 11.9 Å². The fourth-order valence-corrected chi connectivity index (χ4v) is 4.16. The molecule has 0 aliphatic carbocycles. The van der Waals surface area contributed by atoms with Crippen molar-refractivity contribution in [2.45, 2.75) is 19.8 Å². The fraction of sp³-hybridized carbons (Fsp3) is 0.148. The highest BCUT2D eigenvalue weighted by Crippen LogP contribution is 2.37. The fourth-order valence-electron chi connectivity index (χ4n) is 3.66. The molecule has 0 saturated carbocycles. The number of rotatable bonds is 8. The number of aliphatic carboxylic acids is 1. The monoisotopic (exact) mass is 524 g/mol. The first-order valence-corrected chi connectivity index (χ1v) is 11.8. The Morgan fingerprint density at radius 3 is 2.42 bits per heavy atom. The summed E-state index contributed by atoms with van der Waals surface area (Å²) in [7, 11) is 0. The van der Waals surface area contributed by atoms with Crippen LogP contribution in [0.5, 0.6) is 0 Å². The second-order valence-corrected chi connectivity index (χ2v) is 8.85. The molecule has 7 nitrogen and oxygen atoms in total. The van der Waals surface area contributed by atoms with Gasteiger partial charge >= 0.3 is 12.1 Å². The molecule has 0 aliphatic rings. The zero-order chi connectivity index (χ0) is 25.7. The summed E-state index contributed by atoms with van der Waals surface area (Å²) in [4.78, 5) is 23.3. The number of nitrogens with one attached hydrogen (secondary N) is 1. The van der Waals surface area contributed by atoms with Crippen molar-refractivity contribution in [3.63, 3.8) is 0 Å². The van der Waals surface area contributed by atoms with Crippen LogP contribution in [0.2, 0.25) is 10.0 Å². The van der Waals surface area contributed by atoms with E-state index in [1.165, 1.54) is 0 Å². The number of amides is 1. The number of aryl methyl sites for hydroxylation is 1. The predicted molar refractivity (Wildman–Crippen MR) is 139 cm³/mol. The van der Waals surface area contributed by atoms with E-state index in [4.69, 9.17) is 37.6 Å². The van der Waals surface area contributed by atoms with Gasteiger partial charge in [-0.25, -0.2) is 4.79 Å². The van der Waals surface area contributed by atoms with Gasteiger partial charge in [0.15, 0.2) is 5.76 Å². The molecule has 3 aromatic carbocycles. The van der Waals surface area contributed by atoms with Crippen LogP contribution < -0.4 is 5.32 Å². The Morgan fingerprint density at radius 1 is 1.00 bits per heavy atom. The van der Waals surface area contributed by atoms with E-state index in [0.29, 0.717) is 44.7 Å². The molecule has 1 heterocycles. The molecule has 1 amide bonds. The van der Waals surface area contributed by atoms with Crippen LogP contribution in [0.4, 0.5) is 10.5 Å². The highest BCUT2D eigenvalue weighted by molar-refractivity contribution is 6.33. The molecule has 2 N–H and O–H groups in total. The van der Waals surface area contributed by atoms with E-state index in [1.54, 1.807) is 37.3 Å². The van der Waals surface area contributed by atoms with Crippen LogP contribution >= 0.6 is 23.2 Å². The first-order chi connectivity index (χ1) is 17.3. The van der Waals surface area contributed by atoms with E-state index in [2.05, 4.69) is 10.5 Å². The SMILES string of the molecule is Cc1noc(-c2ccc(-c3ccc(CC(=O)O)cc3)cc2Cl)c1NC(=O)OCCc1ccccc1Cl. The van der Waals surface area contributed by atoms with Crippen LogP contribution in [0.3, 0.4) is 0 Å². The minimum Gasteiger partial charge on any atom is -0.481 e. The quantitative estimate of drug-likeness (QED) is 0.256. The maximum Gasteiger partial charge on any atom is 0.411 e. The average Bonchev–Trinajstić information content (AvgIpc) is 3.20. The molecule has 0 bridgehead atoms.